The van der Waals surface area contributed by atoms with Crippen molar-refractivity contribution >= 4 is 0 Å². The number of hydrogen-bond acceptors (Lipinski definition) is 1. The van der Waals surface area contributed by atoms with Crippen LogP contribution in [-0.2, 0) is 0 Å². The van der Waals surface area contributed by atoms with Crippen molar-refractivity contribution in [3.05, 3.63) is 0 Å². The number of nitrogens with one attached hydrogen (secondary N) is 1. The van der Waals surface area contributed by atoms with Crippen molar-refractivity contribution < 1.29 is 0 Å². The van der Waals surface area contributed by atoms with E-state index < -0.39 is 0 Å². The summed E-state index contributed by atoms with van der Waals surface area (Å²) in [5.74, 6) is 0.951. The molecule has 2 atom stereocenters. The molecule has 1 heteroatoms. The topological polar surface area (TPSA) is 12.0 Å². The Hall–Kier alpha value is -0.0400. The maximum atomic E-state index is 3.32. The van der Waals surface area contributed by atoms with Gasteiger partial charge in [0, 0.05) is 5.54 Å². The minimum Gasteiger partial charge on any atom is -0.314 e. The summed E-state index contributed by atoms with van der Waals surface area (Å²) in [5.41, 5.74) is 0.509. The van der Waals surface area contributed by atoms with Gasteiger partial charge in [-0.3, -0.25) is 0 Å². The Balaban J connectivity index is 2.31. The average molecular weight is 113 g/mol. The standard InChI is InChI=1S/C7H15N/c1-4-6-5-7(6,2)8-3/h6,8H,4-5H2,1-3H3. The van der Waals surface area contributed by atoms with Gasteiger partial charge in [-0.25, -0.2) is 0 Å². The second-order valence-electron chi connectivity index (χ2n) is 2.98. The highest BCUT2D eigenvalue weighted by Crippen LogP contribution is 2.44. The zero-order valence-electron chi connectivity index (χ0n) is 5.99. The quantitative estimate of drug-likeness (QED) is 0.570. The van der Waals surface area contributed by atoms with Gasteiger partial charge in [0.05, 0.1) is 0 Å². The van der Waals surface area contributed by atoms with E-state index in [-0.39, 0.29) is 0 Å². The van der Waals surface area contributed by atoms with Crippen LogP contribution in [0.5, 0.6) is 0 Å². The van der Waals surface area contributed by atoms with Crippen molar-refractivity contribution in [3.63, 3.8) is 0 Å². The molecule has 1 rings (SSSR count). The molecule has 1 saturated carbocycles. The van der Waals surface area contributed by atoms with Gasteiger partial charge < -0.3 is 5.32 Å². The normalized spacial score (nSPS) is 44.6. The van der Waals surface area contributed by atoms with Gasteiger partial charge in [-0.15, -0.1) is 0 Å². The van der Waals surface area contributed by atoms with E-state index in [1.807, 2.05) is 0 Å². The second-order valence-corrected chi connectivity index (χ2v) is 2.98. The van der Waals surface area contributed by atoms with Crippen LogP contribution in [0.2, 0.25) is 0 Å². The van der Waals surface area contributed by atoms with E-state index in [1.54, 1.807) is 0 Å². The average Bonchev–Trinajstić information content (AvgIpc) is 2.44. The highest BCUT2D eigenvalue weighted by atomic mass is 15.0. The lowest BCUT2D eigenvalue weighted by molar-refractivity contribution is 0.534. The van der Waals surface area contributed by atoms with Crippen molar-refractivity contribution in [1.82, 2.24) is 5.32 Å². The summed E-state index contributed by atoms with van der Waals surface area (Å²) in [6.07, 6.45) is 2.71. The molecule has 2 unspecified atom stereocenters. The highest BCUT2D eigenvalue weighted by Gasteiger charge is 2.46. The first-order valence-electron chi connectivity index (χ1n) is 3.42. The van der Waals surface area contributed by atoms with Crippen molar-refractivity contribution in [2.75, 3.05) is 7.05 Å². The van der Waals surface area contributed by atoms with Crippen molar-refractivity contribution in [2.24, 2.45) is 5.92 Å². The van der Waals surface area contributed by atoms with Crippen LogP contribution < -0.4 is 5.32 Å². The lowest BCUT2D eigenvalue weighted by Gasteiger charge is -2.06. The van der Waals surface area contributed by atoms with Gasteiger partial charge >= 0.3 is 0 Å². The Morgan fingerprint density at radius 2 is 2.38 bits per heavy atom. The van der Waals surface area contributed by atoms with E-state index in [2.05, 4.69) is 26.2 Å². The molecule has 0 saturated heterocycles. The largest absolute Gasteiger partial charge is 0.314 e. The summed E-state index contributed by atoms with van der Waals surface area (Å²) in [4.78, 5) is 0. The first kappa shape index (κ1) is 6.09. The molecule has 0 aromatic carbocycles. The van der Waals surface area contributed by atoms with Crippen molar-refractivity contribution in [3.8, 4) is 0 Å². The van der Waals surface area contributed by atoms with Gasteiger partial charge in [-0.05, 0) is 26.3 Å². The predicted molar refractivity (Wildman–Crippen MR) is 35.9 cm³/mol. The van der Waals surface area contributed by atoms with E-state index in [4.69, 9.17) is 0 Å². The zero-order chi connectivity index (χ0) is 6.20. The molecule has 1 aliphatic rings. The first-order chi connectivity index (χ1) is 3.73. The van der Waals surface area contributed by atoms with Gasteiger partial charge in [-0.1, -0.05) is 13.3 Å². The molecule has 1 fully saturated rings. The lowest BCUT2D eigenvalue weighted by Crippen LogP contribution is -2.25. The maximum absolute atomic E-state index is 3.32. The fourth-order valence-electron chi connectivity index (χ4n) is 1.35. The summed E-state index contributed by atoms with van der Waals surface area (Å²) in [6.45, 7) is 4.55. The van der Waals surface area contributed by atoms with Crippen LogP contribution in [-0.4, -0.2) is 12.6 Å². The first-order valence-corrected chi connectivity index (χ1v) is 3.42. The van der Waals surface area contributed by atoms with Crippen LogP contribution in [0.25, 0.3) is 0 Å². The summed E-state index contributed by atoms with van der Waals surface area (Å²) >= 11 is 0. The molecule has 0 aromatic heterocycles. The van der Waals surface area contributed by atoms with Crippen molar-refractivity contribution in [1.29, 1.82) is 0 Å². The SMILES string of the molecule is CCC1CC1(C)NC. The smallest absolute Gasteiger partial charge is 0.0182 e. The molecule has 0 aromatic rings. The second kappa shape index (κ2) is 1.73. The third-order valence-electron chi connectivity index (χ3n) is 2.48. The van der Waals surface area contributed by atoms with E-state index in [0.717, 1.165) is 5.92 Å². The molecule has 0 radical (unpaired) electrons. The third kappa shape index (κ3) is 0.752. The Kier molecular flexibility index (Phi) is 1.31. The van der Waals surface area contributed by atoms with Gasteiger partial charge in [0.1, 0.15) is 0 Å². The summed E-state index contributed by atoms with van der Waals surface area (Å²) in [5, 5.41) is 3.32. The molecule has 0 bridgehead atoms. The third-order valence-corrected chi connectivity index (χ3v) is 2.48. The number of hydrogen-bond donors (Lipinski definition) is 1. The summed E-state index contributed by atoms with van der Waals surface area (Å²) < 4.78 is 0. The minimum atomic E-state index is 0.509. The molecule has 0 heterocycles. The van der Waals surface area contributed by atoms with Crippen LogP contribution in [0.3, 0.4) is 0 Å². The fourth-order valence-corrected chi connectivity index (χ4v) is 1.35. The van der Waals surface area contributed by atoms with Crippen LogP contribution in [0.15, 0.2) is 0 Å². The van der Waals surface area contributed by atoms with E-state index in [1.165, 1.54) is 12.8 Å². The summed E-state index contributed by atoms with van der Waals surface area (Å²) in [7, 11) is 2.05. The van der Waals surface area contributed by atoms with Gasteiger partial charge in [0.15, 0.2) is 0 Å². The van der Waals surface area contributed by atoms with Crippen LogP contribution in [0.4, 0.5) is 0 Å². The molecule has 0 amide bonds. The van der Waals surface area contributed by atoms with Crippen LogP contribution in [0.1, 0.15) is 26.7 Å². The Bertz CT molecular complexity index is 90.4. The molecule has 0 spiro atoms. The van der Waals surface area contributed by atoms with Crippen LogP contribution in [0, 0.1) is 5.92 Å². The Morgan fingerprint density at radius 3 is 2.50 bits per heavy atom. The highest BCUT2D eigenvalue weighted by molar-refractivity contribution is 5.04. The van der Waals surface area contributed by atoms with Gasteiger partial charge in [-0.2, -0.15) is 0 Å². The van der Waals surface area contributed by atoms with Crippen LogP contribution >= 0.6 is 0 Å². The molecule has 0 aliphatic heterocycles. The molecular weight excluding hydrogens is 98.1 g/mol. The zero-order valence-corrected chi connectivity index (χ0v) is 5.99. The Morgan fingerprint density at radius 1 is 1.75 bits per heavy atom. The molecule has 8 heavy (non-hydrogen) atoms. The molecule has 48 valence electrons. The number of rotatable bonds is 2. The van der Waals surface area contributed by atoms with Gasteiger partial charge in [0.2, 0.25) is 0 Å². The monoisotopic (exact) mass is 113 g/mol. The fraction of sp³-hybridized carbons (Fsp3) is 1.00. The molecular formula is C7H15N. The predicted octanol–water partition coefficient (Wildman–Crippen LogP) is 1.39. The lowest BCUT2D eigenvalue weighted by atomic mass is 10.2. The van der Waals surface area contributed by atoms with E-state index >= 15 is 0 Å². The molecule has 1 aliphatic carbocycles. The molecule has 1 N–H and O–H groups in total. The maximum Gasteiger partial charge on any atom is 0.0182 e. The van der Waals surface area contributed by atoms with Gasteiger partial charge in [0.25, 0.3) is 0 Å². The summed E-state index contributed by atoms with van der Waals surface area (Å²) in [6, 6.07) is 0. The Labute approximate surface area is 51.5 Å². The molecule has 1 nitrogen and oxygen atoms in total. The van der Waals surface area contributed by atoms with E-state index in [0.29, 0.717) is 5.54 Å². The minimum absolute atomic E-state index is 0.509. The van der Waals surface area contributed by atoms with E-state index in [9.17, 15) is 0 Å². The van der Waals surface area contributed by atoms with Crippen molar-refractivity contribution in [2.45, 2.75) is 32.2 Å².